The van der Waals surface area contributed by atoms with Gasteiger partial charge in [0.05, 0.1) is 12.6 Å². The molecule has 1 aromatic carbocycles. The van der Waals surface area contributed by atoms with Crippen molar-refractivity contribution in [3.63, 3.8) is 0 Å². The number of hydrogen-bond acceptors (Lipinski definition) is 3. The first-order valence-electron chi connectivity index (χ1n) is 9.64. The molecule has 1 unspecified atom stereocenters. The fraction of sp³-hybridized carbons (Fsp3) is 0.550. The van der Waals surface area contributed by atoms with Crippen LogP contribution in [0.3, 0.4) is 0 Å². The summed E-state index contributed by atoms with van der Waals surface area (Å²) >= 11 is 5.85. The van der Waals surface area contributed by atoms with Gasteiger partial charge in [-0.3, -0.25) is 4.79 Å². The van der Waals surface area contributed by atoms with E-state index in [4.69, 9.17) is 11.6 Å². The van der Waals surface area contributed by atoms with Crippen LogP contribution in [0.25, 0.3) is 0 Å². The van der Waals surface area contributed by atoms with E-state index in [2.05, 4.69) is 10.1 Å². The molecule has 4 rings (SSSR count). The molecule has 0 saturated carbocycles. The third-order valence-corrected chi connectivity index (χ3v) is 6.22. The highest BCUT2D eigenvalue weighted by atomic mass is 35.5. The van der Waals surface area contributed by atoms with Gasteiger partial charge in [-0.1, -0.05) is 0 Å². The number of nitrogens with zero attached hydrogens (tertiary/aromatic N) is 4. The van der Waals surface area contributed by atoms with Crippen LogP contribution in [0.4, 0.5) is 8.78 Å². The lowest BCUT2D eigenvalue weighted by Gasteiger charge is -2.34. The Hall–Kier alpha value is -2.02. The predicted octanol–water partition coefficient (Wildman–Crippen LogP) is 3.24. The van der Waals surface area contributed by atoms with Gasteiger partial charge in [0.25, 0.3) is 0 Å². The molecule has 2 aliphatic rings. The molecule has 1 aliphatic carbocycles. The number of aromatic nitrogens is 3. The number of halogens is 3. The molecule has 8 heteroatoms. The Bertz CT molecular complexity index is 943. The summed E-state index contributed by atoms with van der Waals surface area (Å²) in [6, 6.07) is -0.185. The van der Waals surface area contributed by atoms with Crippen LogP contribution in [0.15, 0.2) is 0 Å². The third-order valence-electron chi connectivity index (χ3n) is 5.99. The Morgan fingerprint density at radius 2 is 1.96 bits per heavy atom. The van der Waals surface area contributed by atoms with Crippen LogP contribution < -0.4 is 0 Å². The Morgan fingerprint density at radius 1 is 1.21 bits per heavy atom. The molecule has 0 N–H and O–H groups in total. The fourth-order valence-corrected chi connectivity index (χ4v) is 4.69. The summed E-state index contributed by atoms with van der Waals surface area (Å²) in [4.78, 5) is 18.6. The quantitative estimate of drug-likeness (QED) is 0.730. The van der Waals surface area contributed by atoms with Crippen LogP contribution in [0.2, 0.25) is 0 Å². The maximum absolute atomic E-state index is 14.9. The SMILES string of the molecule is Cc1nc2n(n1)CC(N(Cc1c(C)c3c(c(F)c1F)CCC3)C(=O)CCl)CC2. The minimum absolute atomic E-state index is 0.0150. The van der Waals surface area contributed by atoms with E-state index in [1.807, 2.05) is 13.8 Å². The summed E-state index contributed by atoms with van der Waals surface area (Å²) in [5.41, 5.74) is 2.41. The summed E-state index contributed by atoms with van der Waals surface area (Å²) in [5, 5.41) is 4.37. The standard InChI is InChI=1S/C20H23ClF2N4O/c1-11-14-4-3-5-15(14)19(22)20(23)16(11)10-26(18(28)8-21)13-6-7-17-24-12(2)25-27(17)9-13/h13H,3-10H2,1-2H3. The van der Waals surface area contributed by atoms with E-state index in [9.17, 15) is 13.6 Å². The molecule has 2 aromatic rings. The smallest absolute Gasteiger partial charge is 0.238 e. The highest BCUT2D eigenvalue weighted by Crippen LogP contribution is 2.33. The van der Waals surface area contributed by atoms with Crippen molar-refractivity contribution in [2.75, 3.05) is 5.88 Å². The monoisotopic (exact) mass is 408 g/mol. The van der Waals surface area contributed by atoms with Gasteiger partial charge in [0, 0.05) is 18.5 Å². The number of amides is 1. The Balaban J connectivity index is 1.67. The molecule has 2 heterocycles. The summed E-state index contributed by atoms with van der Waals surface area (Å²) in [6.45, 7) is 4.15. The van der Waals surface area contributed by atoms with E-state index < -0.39 is 11.6 Å². The van der Waals surface area contributed by atoms with Crippen molar-refractivity contribution >= 4 is 17.5 Å². The molecule has 0 spiro atoms. The third kappa shape index (κ3) is 3.19. The van der Waals surface area contributed by atoms with Gasteiger partial charge in [0.15, 0.2) is 11.6 Å². The number of hydrogen-bond donors (Lipinski definition) is 0. The second-order valence-electron chi connectivity index (χ2n) is 7.65. The normalized spacial score (nSPS) is 18.1. The van der Waals surface area contributed by atoms with Crippen molar-refractivity contribution in [3.8, 4) is 0 Å². The van der Waals surface area contributed by atoms with Crippen LogP contribution in [0.5, 0.6) is 0 Å². The van der Waals surface area contributed by atoms with Crippen molar-refractivity contribution in [1.29, 1.82) is 0 Å². The van der Waals surface area contributed by atoms with Crippen LogP contribution in [-0.4, -0.2) is 37.5 Å². The van der Waals surface area contributed by atoms with E-state index in [1.54, 1.807) is 9.58 Å². The van der Waals surface area contributed by atoms with Gasteiger partial charge in [0.1, 0.15) is 17.5 Å². The number of benzene rings is 1. The van der Waals surface area contributed by atoms with Crippen LogP contribution in [-0.2, 0) is 37.1 Å². The molecule has 5 nitrogen and oxygen atoms in total. The first kappa shape index (κ1) is 19.3. The van der Waals surface area contributed by atoms with E-state index in [1.165, 1.54) is 0 Å². The molecule has 0 saturated heterocycles. The zero-order valence-electron chi connectivity index (χ0n) is 16.1. The Morgan fingerprint density at radius 3 is 2.71 bits per heavy atom. The summed E-state index contributed by atoms with van der Waals surface area (Å²) in [7, 11) is 0. The number of aryl methyl sites for hydroxylation is 2. The topological polar surface area (TPSA) is 51.0 Å². The zero-order chi connectivity index (χ0) is 20.0. The maximum Gasteiger partial charge on any atom is 0.238 e. The molecular weight excluding hydrogens is 386 g/mol. The van der Waals surface area contributed by atoms with Crippen molar-refractivity contribution in [2.45, 2.75) is 65.1 Å². The van der Waals surface area contributed by atoms with Gasteiger partial charge in [-0.25, -0.2) is 18.4 Å². The number of rotatable bonds is 4. The highest BCUT2D eigenvalue weighted by molar-refractivity contribution is 6.27. The van der Waals surface area contributed by atoms with E-state index in [-0.39, 0.29) is 29.9 Å². The number of carbonyl (C=O) groups excluding carboxylic acids is 1. The Kier molecular flexibility index (Phi) is 5.12. The molecule has 0 fully saturated rings. The van der Waals surface area contributed by atoms with Crippen molar-refractivity contribution in [1.82, 2.24) is 19.7 Å². The molecule has 150 valence electrons. The second kappa shape index (κ2) is 7.43. The first-order chi connectivity index (χ1) is 13.4. The highest BCUT2D eigenvalue weighted by Gasteiger charge is 2.32. The van der Waals surface area contributed by atoms with E-state index in [0.29, 0.717) is 37.2 Å². The summed E-state index contributed by atoms with van der Waals surface area (Å²) in [6.07, 6.45) is 3.52. The summed E-state index contributed by atoms with van der Waals surface area (Å²) < 4.78 is 31.3. The van der Waals surface area contributed by atoms with E-state index in [0.717, 1.165) is 29.8 Å². The molecular formula is C20H23ClF2N4O. The largest absolute Gasteiger partial charge is 0.332 e. The molecule has 1 aromatic heterocycles. The lowest BCUT2D eigenvalue weighted by Crippen LogP contribution is -2.45. The maximum atomic E-state index is 14.9. The van der Waals surface area contributed by atoms with Crippen LogP contribution in [0, 0.1) is 25.5 Å². The minimum Gasteiger partial charge on any atom is -0.332 e. The zero-order valence-corrected chi connectivity index (χ0v) is 16.8. The van der Waals surface area contributed by atoms with Gasteiger partial charge in [-0.2, -0.15) is 5.10 Å². The molecule has 28 heavy (non-hydrogen) atoms. The van der Waals surface area contributed by atoms with Gasteiger partial charge >= 0.3 is 0 Å². The first-order valence-corrected chi connectivity index (χ1v) is 10.2. The molecule has 1 amide bonds. The predicted molar refractivity (Wildman–Crippen MR) is 101 cm³/mol. The fourth-order valence-electron chi connectivity index (χ4n) is 4.54. The van der Waals surface area contributed by atoms with Crippen molar-refractivity contribution in [2.24, 2.45) is 0 Å². The van der Waals surface area contributed by atoms with E-state index >= 15 is 0 Å². The lowest BCUT2D eigenvalue weighted by molar-refractivity contribution is -0.132. The van der Waals surface area contributed by atoms with Crippen LogP contribution >= 0.6 is 11.6 Å². The number of alkyl halides is 1. The number of fused-ring (bicyclic) bond motifs is 2. The minimum atomic E-state index is -0.835. The van der Waals surface area contributed by atoms with Gasteiger partial charge in [0.2, 0.25) is 5.91 Å². The summed E-state index contributed by atoms with van der Waals surface area (Å²) in [5.74, 6) is -0.505. The Labute approximate surface area is 167 Å². The molecule has 0 radical (unpaired) electrons. The second-order valence-corrected chi connectivity index (χ2v) is 7.91. The van der Waals surface area contributed by atoms with Gasteiger partial charge in [-0.05, 0) is 56.2 Å². The number of carbonyl (C=O) groups is 1. The molecule has 0 bridgehead atoms. The average molecular weight is 409 g/mol. The average Bonchev–Trinajstić information content (AvgIpc) is 3.31. The lowest BCUT2D eigenvalue weighted by atomic mass is 9.96. The van der Waals surface area contributed by atoms with Crippen LogP contribution in [0.1, 0.15) is 46.7 Å². The molecule has 1 atom stereocenters. The van der Waals surface area contributed by atoms with Crippen molar-refractivity contribution in [3.05, 3.63) is 45.5 Å². The van der Waals surface area contributed by atoms with Gasteiger partial charge in [-0.15, -0.1) is 11.6 Å². The van der Waals surface area contributed by atoms with Crippen molar-refractivity contribution < 1.29 is 13.6 Å². The molecule has 1 aliphatic heterocycles. The van der Waals surface area contributed by atoms with Gasteiger partial charge < -0.3 is 4.90 Å².